The third-order valence-electron chi connectivity index (χ3n) is 5.62. The van der Waals surface area contributed by atoms with Crippen LogP contribution in [0.2, 0.25) is 0 Å². The maximum atomic E-state index is 13.2. The van der Waals surface area contributed by atoms with Crippen LogP contribution in [0.5, 0.6) is 0 Å². The Morgan fingerprint density at radius 3 is 1.65 bits per heavy atom. The first kappa shape index (κ1) is 33.5. The van der Waals surface area contributed by atoms with Gasteiger partial charge in [-0.2, -0.15) is 0 Å². The van der Waals surface area contributed by atoms with Gasteiger partial charge in [0.05, 0.1) is 4.92 Å². The highest BCUT2D eigenvalue weighted by molar-refractivity contribution is 6.27. The van der Waals surface area contributed by atoms with Gasteiger partial charge in [0.1, 0.15) is 6.54 Å². The molecule has 1 aromatic carbocycles. The lowest BCUT2D eigenvalue weighted by molar-refractivity contribution is -0.384. The maximum Gasteiger partial charge on any atom is 0.414 e. The van der Waals surface area contributed by atoms with Crippen molar-refractivity contribution in [2.75, 3.05) is 45.8 Å². The first-order chi connectivity index (χ1) is 17.5. The van der Waals surface area contributed by atoms with E-state index in [2.05, 4.69) is 32.6 Å². The number of carboxylic acids is 2. The second-order valence-electron chi connectivity index (χ2n) is 8.26. The molecule has 0 saturated carbocycles. The summed E-state index contributed by atoms with van der Waals surface area (Å²) in [5.41, 5.74) is 0.291. The van der Waals surface area contributed by atoms with Gasteiger partial charge in [-0.25, -0.2) is 9.59 Å². The Kier molecular flexibility index (Phi) is 16.9. The third kappa shape index (κ3) is 13.4. The Hall–Kier alpha value is -3.54. The van der Waals surface area contributed by atoms with Crippen LogP contribution in [0.4, 0.5) is 5.69 Å². The van der Waals surface area contributed by atoms with Gasteiger partial charge in [-0.05, 0) is 38.1 Å². The van der Waals surface area contributed by atoms with Crippen LogP contribution in [-0.4, -0.2) is 99.4 Å². The molecule has 2 N–H and O–H groups in total. The minimum Gasteiger partial charge on any atom is -0.473 e. The number of hydrogen-bond donors (Lipinski definition) is 2. The number of hydrogen-bond acceptors (Lipinski definition) is 7. The van der Waals surface area contributed by atoms with E-state index in [1.165, 1.54) is 24.3 Å². The van der Waals surface area contributed by atoms with Crippen LogP contribution in [0.25, 0.3) is 0 Å². The lowest BCUT2D eigenvalue weighted by atomic mass is 10.1. The van der Waals surface area contributed by atoms with E-state index in [0.717, 1.165) is 38.8 Å². The van der Waals surface area contributed by atoms with Gasteiger partial charge in [0.25, 0.3) is 11.6 Å². The molecule has 0 aliphatic rings. The highest BCUT2D eigenvalue weighted by Gasteiger charge is 2.23. The van der Waals surface area contributed by atoms with Crippen molar-refractivity contribution < 1.29 is 34.3 Å². The van der Waals surface area contributed by atoms with Crippen LogP contribution < -0.4 is 0 Å². The van der Waals surface area contributed by atoms with Crippen molar-refractivity contribution in [2.45, 2.75) is 53.4 Å². The molecule has 0 fully saturated rings. The summed E-state index contributed by atoms with van der Waals surface area (Å²) < 4.78 is 0. The van der Waals surface area contributed by atoms with Crippen LogP contribution in [0.3, 0.4) is 0 Å². The fourth-order valence-corrected chi connectivity index (χ4v) is 3.29. The summed E-state index contributed by atoms with van der Waals surface area (Å²) in [6.45, 7) is 12.6. The van der Waals surface area contributed by atoms with Crippen LogP contribution in [0.1, 0.15) is 63.7 Å². The number of carboxylic acid groups (broad SMARTS) is 2. The van der Waals surface area contributed by atoms with Gasteiger partial charge >= 0.3 is 11.9 Å². The Morgan fingerprint density at radius 1 is 0.784 bits per heavy atom. The highest BCUT2D eigenvalue weighted by Crippen LogP contribution is 2.14. The zero-order valence-corrected chi connectivity index (χ0v) is 22.2. The number of unbranched alkanes of at least 4 members (excludes halogenated alkanes) is 2. The van der Waals surface area contributed by atoms with Gasteiger partial charge in [-0.1, -0.05) is 40.5 Å². The molecule has 12 heteroatoms. The largest absolute Gasteiger partial charge is 0.473 e. The monoisotopic (exact) mass is 524 g/mol. The molecule has 0 heterocycles. The number of nitrogens with zero attached hydrogens (tertiary/aromatic N) is 4. The smallest absolute Gasteiger partial charge is 0.414 e. The molecular weight excluding hydrogens is 484 g/mol. The molecule has 1 aromatic rings. The molecule has 1 rings (SSSR count). The van der Waals surface area contributed by atoms with E-state index >= 15 is 0 Å². The predicted molar refractivity (Wildman–Crippen MR) is 138 cm³/mol. The van der Waals surface area contributed by atoms with E-state index in [9.17, 15) is 19.7 Å². The van der Waals surface area contributed by atoms with Crippen molar-refractivity contribution in [3.63, 3.8) is 0 Å². The van der Waals surface area contributed by atoms with Gasteiger partial charge in [0, 0.05) is 43.9 Å². The maximum absolute atomic E-state index is 13.2. The van der Waals surface area contributed by atoms with E-state index < -0.39 is 16.9 Å². The van der Waals surface area contributed by atoms with Crippen LogP contribution in [-0.2, 0) is 14.4 Å². The van der Waals surface area contributed by atoms with Crippen molar-refractivity contribution >= 4 is 29.4 Å². The Labute approximate surface area is 218 Å². The summed E-state index contributed by atoms with van der Waals surface area (Å²) in [5, 5.41) is 25.7. The first-order valence-corrected chi connectivity index (χ1v) is 12.5. The molecule has 0 bridgehead atoms. The summed E-state index contributed by atoms with van der Waals surface area (Å²) in [4.78, 5) is 60.5. The first-order valence-electron chi connectivity index (χ1n) is 12.5. The molecule has 37 heavy (non-hydrogen) atoms. The van der Waals surface area contributed by atoms with Crippen LogP contribution in [0, 0.1) is 10.1 Å². The average molecular weight is 525 g/mol. The standard InChI is InChI=1S/C23H38N4O4.C2H2O4/c1-5-9-15-25(16-10-6-2)22(28)19-26(18-17-24(7-3)8-4)23(29)20-11-13-21(14-12-20)27(30)31;3-1(4)2(5)6/h11-14H,5-10,15-19H2,1-4H3;(H,3,4)(H,5,6). The van der Waals surface area contributed by atoms with Crippen LogP contribution in [0.15, 0.2) is 24.3 Å². The second-order valence-corrected chi connectivity index (χ2v) is 8.26. The summed E-state index contributed by atoms with van der Waals surface area (Å²) >= 11 is 0. The number of benzene rings is 1. The fourth-order valence-electron chi connectivity index (χ4n) is 3.29. The minimum atomic E-state index is -1.82. The number of nitro benzene ring substituents is 1. The van der Waals surface area contributed by atoms with Crippen molar-refractivity contribution in [1.82, 2.24) is 14.7 Å². The number of carbonyl (C=O) groups is 4. The molecule has 0 saturated heterocycles. The van der Waals surface area contributed by atoms with Crippen molar-refractivity contribution in [1.29, 1.82) is 0 Å². The van der Waals surface area contributed by atoms with Gasteiger partial charge in [-0.3, -0.25) is 19.7 Å². The normalized spacial score (nSPS) is 10.3. The van der Waals surface area contributed by atoms with Crippen molar-refractivity contribution in [3.05, 3.63) is 39.9 Å². The lowest BCUT2D eigenvalue weighted by Gasteiger charge is -2.29. The van der Waals surface area contributed by atoms with E-state index in [-0.39, 0.29) is 24.0 Å². The molecule has 208 valence electrons. The number of aliphatic carboxylic acids is 2. The molecule has 0 aromatic heterocycles. The number of nitro groups is 1. The molecule has 12 nitrogen and oxygen atoms in total. The number of non-ortho nitro benzene ring substituents is 1. The SMILES string of the molecule is CCCCN(CCCC)C(=O)CN(CCN(CC)CC)C(=O)c1ccc([N+](=O)[O-])cc1.O=C(O)C(=O)O. The van der Waals surface area contributed by atoms with Gasteiger partial charge < -0.3 is 24.9 Å². The van der Waals surface area contributed by atoms with Crippen molar-refractivity contribution in [2.24, 2.45) is 0 Å². The Morgan fingerprint density at radius 2 is 1.27 bits per heavy atom. The number of carbonyl (C=O) groups excluding carboxylic acids is 2. The second kappa shape index (κ2) is 18.7. The predicted octanol–water partition coefficient (Wildman–Crippen LogP) is 2.96. The van der Waals surface area contributed by atoms with E-state index in [4.69, 9.17) is 19.8 Å². The molecule has 0 aliphatic heterocycles. The Balaban J connectivity index is 0.00000192. The fraction of sp³-hybridized carbons (Fsp3) is 0.600. The van der Waals surface area contributed by atoms with E-state index in [1.807, 2.05) is 4.90 Å². The molecular formula is C25H40N4O8. The lowest BCUT2D eigenvalue weighted by Crippen LogP contribution is -2.46. The zero-order chi connectivity index (χ0) is 28.4. The molecule has 0 atom stereocenters. The molecule has 0 aliphatic carbocycles. The molecule has 0 unspecified atom stereocenters. The summed E-state index contributed by atoms with van der Waals surface area (Å²) in [7, 11) is 0. The number of rotatable bonds is 15. The minimum absolute atomic E-state index is 0.0184. The van der Waals surface area contributed by atoms with E-state index in [1.54, 1.807) is 4.90 Å². The summed E-state index contributed by atoms with van der Waals surface area (Å²) in [6, 6.07) is 5.57. The van der Waals surface area contributed by atoms with Gasteiger partial charge in [-0.15, -0.1) is 0 Å². The molecule has 0 spiro atoms. The number of amides is 2. The van der Waals surface area contributed by atoms with Crippen molar-refractivity contribution in [3.8, 4) is 0 Å². The quantitative estimate of drug-likeness (QED) is 0.199. The zero-order valence-electron chi connectivity index (χ0n) is 22.2. The van der Waals surface area contributed by atoms with E-state index in [0.29, 0.717) is 31.7 Å². The Bertz CT molecular complexity index is 852. The van der Waals surface area contributed by atoms with Crippen LogP contribution >= 0.6 is 0 Å². The third-order valence-corrected chi connectivity index (χ3v) is 5.62. The molecule has 2 amide bonds. The highest BCUT2D eigenvalue weighted by atomic mass is 16.6. The molecule has 0 radical (unpaired) electrons. The average Bonchev–Trinajstić information content (AvgIpc) is 2.88. The summed E-state index contributed by atoms with van der Waals surface area (Å²) in [6.07, 6.45) is 3.88. The van der Waals surface area contributed by atoms with Gasteiger partial charge in [0.15, 0.2) is 0 Å². The number of likely N-dealkylation sites (N-methyl/N-ethyl adjacent to an activating group) is 1. The van der Waals surface area contributed by atoms with Gasteiger partial charge in [0.2, 0.25) is 5.91 Å². The topological polar surface area (TPSA) is 162 Å². The summed E-state index contributed by atoms with van der Waals surface area (Å²) in [5.74, 6) is -3.97.